The molecule has 1 aromatic carbocycles. The van der Waals surface area contributed by atoms with Crippen LogP contribution in [0.4, 0.5) is 15.9 Å². The van der Waals surface area contributed by atoms with Crippen LogP contribution < -0.4 is 16.2 Å². The molecule has 3 rings (SSSR count). The molecule has 0 radical (unpaired) electrons. The van der Waals surface area contributed by atoms with Gasteiger partial charge in [0.25, 0.3) is 0 Å². The van der Waals surface area contributed by atoms with E-state index in [1.54, 1.807) is 18.3 Å². The van der Waals surface area contributed by atoms with Gasteiger partial charge in [-0.2, -0.15) is 0 Å². The third-order valence-electron chi connectivity index (χ3n) is 2.92. The average Bonchev–Trinajstić information content (AvgIpc) is 2.48. The molecule has 106 valence electrons. The van der Waals surface area contributed by atoms with Crippen LogP contribution in [0.5, 0.6) is 5.75 Å². The summed E-state index contributed by atoms with van der Waals surface area (Å²) in [5, 5.41) is 0. The predicted molar refractivity (Wildman–Crippen MR) is 76.9 cm³/mol. The highest BCUT2D eigenvalue weighted by molar-refractivity contribution is 5.74. The summed E-state index contributed by atoms with van der Waals surface area (Å²) in [4.78, 5) is 12.4. The molecule has 7 heteroatoms. The van der Waals surface area contributed by atoms with E-state index in [1.165, 1.54) is 18.3 Å². The lowest BCUT2D eigenvalue weighted by Gasteiger charge is -2.08. The van der Waals surface area contributed by atoms with Gasteiger partial charge in [-0.3, -0.25) is 0 Å². The van der Waals surface area contributed by atoms with Gasteiger partial charge in [-0.25, -0.2) is 19.3 Å². The minimum Gasteiger partial charge on any atom is -0.489 e. The minimum atomic E-state index is -0.514. The van der Waals surface area contributed by atoms with Crippen LogP contribution in [0.1, 0.15) is 5.56 Å². The molecule has 2 aromatic heterocycles. The molecule has 0 bridgehead atoms. The molecule has 0 fully saturated rings. The van der Waals surface area contributed by atoms with E-state index in [-0.39, 0.29) is 12.3 Å². The maximum atomic E-state index is 13.4. The first-order chi connectivity index (χ1) is 10.1. The zero-order valence-corrected chi connectivity index (χ0v) is 11.0. The number of halogens is 1. The van der Waals surface area contributed by atoms with Crippen molar-refractivity contribution in [3.8, 4) is 5.75 Å². The molecule has 0 spiro atoms. The molecular weight excluding hydrogens is 273 g/mol. The van der Waals surface area contributed by atoms with Crippen LogP contribution in [0.2, 0.25) is 0 Å². The average molecular weight is 285 g/mol. The van der Waals surface area contributed by atoms with Crippen LogP contribution in [0.3, 0.4) is 0 Å². The molecule has 4 N–H and O–H groups in total. The Bertz CT molecular complexity index is 808. The van der Waals surface area contributed by atoms with Crippen molar-refractivity contribution in [1.82, 2.24) is 15.0 Å². The van der Waals surface area contributed by atoms with E-state index in [0.29, 0.717) is 22.7 Å². The van der Waals surface area contributed by atoms with Gasteiger partial charge in [-0.1, -0.05) is 0 Å². The second kappa shape index (κ2) is 5.20. The second-order valence-electron chi connectivity index (χ2n) is 4.41. The van der Waals surface area contributed by atoms with Crippen LogP contribution in [0.25, 0.3) is 11.2 Å². The van der Waals surface area contributed by atoms with E-state index in [4.69, 9.17) is 16.2 Å². The fourth-order valence-corrected chi connectivity index (χ4v) is 1.86. The first-order valence-electron chi connectivity index (χ1n) is 6.17. The Kier molecular flexibility index (Phi) is 3.23. The fraction of sp³-hybridized carbons (Fsp3) is 0.0714. The topological polar surface area (TPSA) is 99.9 Å². The number of ether oxygens (including phenoxy) is 1. The Labute approximate surface area is 119 Å². The molecule has 0 aliphatic heterocycles. The molecule has 6 nitrogen and oxygen atoms in total. The number of nitrogens with two attached hydrogens (primary N) is 2. The lowest BCUT2D eigenvalue weighted by Crippen LogP contribution is -2.01. The van der Waals surface area contributed by atoms with E-state index in [1.807, 2.05) is 0 Å². The maximum absolute atomic E-state index is 13.4. The number of hydrogen-bond donors (Lipinski definition) is 2. The summed E-state index contributed by atoms with van der Waals surface area (Å²) in [6, 6.07) is 6.06. The molecule has 2 heterocycles. The van der Waals surface area contributed by atoms with E-state index in [2.05, 4.69) is 15.0 Å². The van der Waals surface area contributed by atoms with Crippen molar-refractivity contribution < 1.29 is 9.13 Å². The maximum Gasteiger partial charge on any atom is 0.180 e. The van der Waals surface area contributed by atoms with Crippen molar-refractivity contribution in [2.75, 3.05) is 11.5 Å². The first-order valence-corrected chi connectivity index (χ1v) is 6.17. The number of fused-ring (bicyclic) bond motifs is 1. The molecule has 0 aliphatic carbocycles. The number of anilines is 2. The van der Waals surface area contributed by atoms with Crippen LogP contribution in [-0.4, -0.2) is 15.0 Å². The molecule has 0 aliphatic rings. The molecule has 0 saturated carbocycles. The molecule has 21 heavy (non-hydrogen) atoms. The van der Waals surface area contributed by atoms with Crippen LogP contribution in [0.15, 0.2) is 36.7 Å². The summed E-state index contributed by atoms with van der Waals surface area (Å²) < 4.78 is 18.9. The standard InChI is InChI=1S/C14H12FN5O/c15-10-5-9(1-2-11(10)16)21-7-8-3-4-18-14-13(8)19-6-12(17)20-14/h1-6H,7,16H2,(H2,17,18,20). The van der Waals surface area contributed by atoms with Crippen molar-refractivity contribution in [3.05, 3.63) is 48.0 Å². The van der Waals surface area contributed by atoms with Gasteiger partial charge in [-0.05, 0) is 18.2 Å². The first kappa shape index (κ1) is 13.0. The Hall–Kier alpha value is -2.96. The lowest BCUT2D eigenvalue weighted by molar-refractivity contribution is 0.306. The van der Waals surface area contributed by atoms with E-state index in [9.17, 15) is 4.39 Å². The number of rotatable bonds is 3. The highest BCUT2D eigenvalue weighted by atomic mass is 19.1. The zero-order chi connectivity index (χ0) is 14.8. The number of nitrogen functional groups attached to an aromatic ring is 2. The van der Waals surface area contributed by atoms with Crippen molar-refractivity contribution in [3.63, 3.8) is 0 Å². The zero-order valence-electron chi connectivity index (χ0n) is 11.0. The number of aromatic nitrogens is 3. The minimum absolute atomic E-state index is 0.0815. The van der Waals surface area contributed by atoms with Gasteiger partial charge in [0.15, 0.2) is 5.65 Å². The molecule has 0 saturated heterocycles. The highest BCUT2D eigenvalue weighted by Crippen LogP contribution is 2.20. The summed E-state index contributed by atoms with van der Waals surface area (Å²) in [5.41, 5.74) is 12.9. The Morgan fingerprint density at radius 1 is 1.14 bits per heavy atom. The van der Waals surface area contributed by atoms with Crippen molar-refractivity contribution in [2.45, 2.75) is 6.61 Å². The molecule has 0 amide bonds. The van der Waals surface area contributed by atoms with Gasteiger partial charge in [0.05, 0.1) is 11.9 Å². The van der Waals surface area contributed by atoms with Gasteiger partial charge in [0.2, 0.25) is 0 Å². The van der Waals surface area contributed by atoms with Crippen LogP contribution in [0, 0.1) is 5.82 Å². The Morgan fingerprint density at radius 3 is 2.81 bits per heavy atom. The van der Waals surface area contributed by atoms with E-state index >= 15 is 0 Å². The highest BCUT2D eigenvalue weighted by Gasteiger charge is 2.07. The molecule has 0 atom stereocenters. The summed E-state index contributed by atoms with van der Waals surface area (Å²) in [7, 11) is 0. The SMILES string of the molecule is Nc1cnc2c(COc3ccc(N)c(F)c3)ccnc2n1. The van der Waals surface area contributed by atoms with Gasteiger partial charge in [0.1, 0.15) is 29.5 Å². The second-order valence-corrected chi connectivity index (χ2v) is 4.41. The smallest absolute Gasteiger partial charge is 0.180 e. The monoisotopic (exact) mass is 285 g/mol. The Balaban J connectivity index is 1.86. The van der Waals surface area contributed by atoms with Gasteiger partial charge in [-0.15, -0.1) is 0 Å². The number of pyridine rings is 1. The number of hydrogen-bond acceptors (Lipinski definition) is 6. The fourth-order valence-electron chi connectivity index (χ4n) is 1.86. The van der Waals surface area contributed by atoms with Crippen LogP contribution in [-0.2, 0) is 6.61 Å². The normalized spacial score (nSPS) is 10.7. The van der Waals surface area contributed by atoms with Gasteiger partial charge in [0, 0.05) is 17.8 Å². The van der Waals surface area contributed by atoms with Gasteiger partial charge >= 0.3 is 0 Å². The number of benzene rings is 1. The van der Waals surface area contributed by atoms with Gasteiger partial charge < -0.3 is 16.2 Å². The third-order valence-corrected chi connectivity index (χ3v) is 2.92. The van der Waals surface area contributed by atoms with Crippen molar-refractivity contribution in [2.24, 2.45) is 0 Å². The van der Waals surface area contributed by atoms with E-state index in [0.717, 1.165) is 5.56 Å². The summed E-state index contributed by atoms with van der Waals surface area (Å²) in [6.45, 7) is 0.209. The third kappa shape index (κ3) is 2.66. The van der Waals surface area contributed by atoms with Crippen molar-refractivity contribution >= 4 is 22.7 Å². The summed E-state index contributed by atoms with van der Waals surface area (Å²) in [5.74, 6) is 0.170. The largest absolute Gasteiger partial charge is 0.489 e. The Morgan fingerprint density at radius 2 is 2.00 bits per heavy atom. The quantitative estimate of drug-likeness (QED) is 0.713. The summed E-state index contributed by atoms with van der Waals surface area (Å²) in [6.07, 6.45) is 3.05. The van der Waals surface area contributed by atoms with Crippen LogP contribution >= 0.6 is 0 Å². The molecular formula is C14H12FN5O. The van der Waals surface area contributed by atoms with Crippen molar-refractivity contribution in [1.29, 1.82) is 0 Å². The molecule has 3 aromatic rings. The van der Waals surface area contributed by atoms with E-state index < -0.39 is 5.82 Å². The predicted octanol–water partition coefficient (Wildman–Crippen LogP) is 1.91. The summed E-state index contributed by atoms with van der Waals surface area (Å²) >= 11 is 0. The number of nitrogens with zero attached hydrogens (tertiary/aromatic N) is 3. The lowest BCUT2D eigenvalue weighted by atomic mass is 10.2. The molecule has 0 unspecified atom stereocenters.